The zero-order valence-corrected chi connectivity index (χ0v) is 63.1. The molecule has 0 aliphatic rings. The van der Waals surface area contributed by atoms with E-state index >= 15 is 4.79 Å². The predicted octanol–water partition coefficient (Wildman–Crippen LogP) is 7.42. The Kier molecular flexibility index (Phi) is 60.8. The Morgan fingerprint density at radius 1 is 0.343 bits per heavy atom. The van der Waals surface area contributed by atoms with Crippen LogP contribution in [0.1, 0.15) is 235 Å². The highest BCUT2D eigenvalue weighted by molar-refractivity contribution is 5.91. The fourth-order valence-electron chi connectivity index (χ4n) is 11.5. The van der Waals surface area contributed by atoms with Gasteiger partial charge >= 0.3 is 36.4 Å². The number of amides is 8. The van der Waals surface area contributed by atoms with Gasteiger partial charge in [-0.15, -0.1) is 0 Å². The van der Waals surface area contributed by atoms with E-state index in [-0.39, 0.29) is 162 Å². The molecule has 0 bridgehead atoms. The third kappa shape index (κ3) is 45.4. The maximum absolute atomic E-state index is 15.0. The minimum absolute atomic E-state index is 0.0262. The topological polar surface area (TPSA) is 379 Å². The van der Waals surface area contributed by atoms with Crippen LogP contribution in [0.2, 0.25) is 0 Å². The number of carbonyl (C=O) groups excluding carboxylic acids is 17. The number of benzene rings is 1. The Bertz CT molecular complexity index is 2630. The SMILES string of the molecule is CCCCCCNC(=O)C(C(C)C)N(CCCC(=O)OC)C(=O)CCCC(=O)N(CCCCCC(=O)N(CCCC)C(C(=O)NCCCCCC(=O)OC)C(C)C)C(Cc1ccccc1)C(=O)NCCC(=O)N(CCCC(=O)OC)C(C(=O)NCCCCCC)C(C)C.O=C=O.O=C=O.O=C=O. The predicted molar refractivity (Wildman–Crippen MR) is 377 cm³/mol. The van der Waals surface area contributed by atoms with Crippen molar-refractivity contribution in [1.82, 2.24) is 40.9 Å². The maximum atomic E-state index is 15.0. The normalized spacial score (nSPS) is 11.6. The summed E-state index contributed by atoms with van der Waals surface area (Å²) in [5.74, 6) is -4.69. The Morgan fingerprint density at radius 3 is 1.02 bits per heavy atom. The number of rotatable bonds is 53. The van der Waals surface area contributed by atoms with Gasteiger partial charge in [-0.25, -0.2) is 0 Å². The first-order valence-electron chi connectivity index (χ1n) is 36.3. The molecule has 4 N–H and O–H groups in total. The highest BCUT2D eigenvalue weighted by Crippen LogP contribution is 2.22. The lowest BCUT2D eigenvalue weighted by Crippen LogP contribution is -2.54. The molecule has 0 aliphatic carbocycles. The Hall–Kier alpha value is -8.47. The Labute approximate surface area is 605 Å². The molecule has 0 saturated heterocycles. The van der Waals surface area contributed by atoms with Gasteiger partial charge in [0.15, 0.2) is 0 Å². The second-order valence-electron chi connectivity index (χ2n) is 25.7. The number of esters is 3. The van der Waals surface area contributed by atoms with Gasteiger partial charge in [-0.05, 0) is 87.5 Å². The smallest absolute Gasteiger partial charge is 0.373 e. The van der Waals surface area contributed by atoms with Crippen LogP contribution in [0.25, 0.3) is 0 Å². The van der Waals surface area contributed by atoms with E-state index in [1.807, 2.05) is 78.8 Å². The molecule has 0 spiro atoms. The molecule has 28 nitrogen and oxygen atoms in total. The van der Waals surface area contributed by atoms with Crippen molar-refractivity contribution >= 4 is 83.6 Å². The quantitative estimate of drug-likeness (QED) is 0.0280. The van der Waals surface area contributed by atoms with E-state index in [9.17, 15) is 47.9 Å². The van der Waals surface area contributed by atoms with Crippen molar-refractivity contribution in [1.29, 1.82) is 0 Å². The summed E-state index contributed by atoms with van der Waals surface area (Å²) in [6.45, 7) is 19.3. The van der Waals surface area contributed by atoms with Gasteiger partial charge in [0.25, 0.3) is 0 Å². The molecular weight excluding hydrogens is 1320 g/mol. The minimum atomic E-state index is -1.10. The van der Waals surface area contributed by atoms with Crippen molar-refractivity contribution < 1.29 is 95.7 Å². The van der Waals surface area contributed by atoms with Crippen molar-refractivity contribution in [2.24, 2.45) is 17.8 Å². The van der Waals surface area contributed by atoms with E-state index < -0.39 is 53.8 Å². The lowest BCUT2D eigenvalue weighted by Gasteiger charge is -2.34. The molecule has 0 heterocycles. The molecule has 102 heavy (non-hydrogen) atoms. The summed E-state index contributed by atoms with van der Waals surface area (Å²) in [5, 5.41) is 12.0. The Morgan fingerprint density at radius 2 is 0.647 bits per heavy atom. The second-order valence-corrected chi connectivity index (χ2v) is 25.7. The summed E-state index contributed by atoms with van der Waals surface area (Å²) in [4.78, 5) is 206. The zero-order chi connectivity index (χ0) is 77.6. The van der Waals surface area contributed by atoms with E-state index in [1.54, 1.807) is 4.90 Å². The lowest BCUT2D eigenvalue weighted by atomic mass is 9.99. The molecule has 578 valence electrons. The zero-order valence-electron chi connectivity index (χ0n) is 63.1. The molecule has 1 aromatic rings. The molecule has 8 amide bonds. The molecule has 0 radical (unpaired) electrons. The van der Waals surface area contributed by atoms with Crippen LogP contribution in [0.3, 0.4) is 0 Å². The summed E-state index contributed by atoms with van der Waals surface area (Å²) < 4.78 is 14.5. The van der Waals surface area contributed by atoms with Crippen LogP contribution < -0.4 is 21.3 Å². The molecule has 28 heteroatoms. The molecule has 4 atom stereocenters. The van der Waals surface area contributed by atoms with Crippen molar-refractivity contribution in [2.75, 3.05) is 73.7 Å². The molecule has 1 aromatic carbocycles. The first-order valence-corrected chi connectivity index (χ1v) is 36.3. The molecule has 4 unspecified atom stereocenters. The number of hydrogen-bond donors (Lipinski definition) is 4. The van der Waals surface area contributed by atoms with E-state index in [0.29, 0.717) is 71.1 Å². The minimum Gasteiger partial charge on any atom is -0.469 e. The summed E-state index contributed by atoms with van der Waals surface area (Å²) in [6, 6.07) is 5.71. The van der Waals surface area contributed by atoms with Gasteiger partial charge in [-0.2, -0.15) is 28.8 Å². The number of hydrogen-bond acceptors (Lipinski definition) is 20. The highest BCUT2D eigenvalue weighted by atomic mass is 16.5. The standard InChI is InChI=1S/C71H122N8O14.3CO2/c1-13-16-19-28-44-72-70(89)66(54(6)7)78(50-33-41-63(85)92-11)60(82)39-32-38-58(80)76(49-31-23-26-37-59(81)77(48-18-15-3)65(53(4)5)69(88)74-46-30-22-27-40-62(84)91-10)57(52-56-35-24-21-25-36-56)68(87)75-47-43-61(83)79(51-34-42-64(86)93-12)67(55(8)9)71(90)73-45-29-20-17-14-2;3*2-1-3/h21,24-25,35-36,53-55,57,65-67H,13-20,22-23,26-34,37-52H2,1-12H3,(H,72,89)(H,73,90)(H,74,88)(H,75,87);;;. The number of nitrogens with zero attached hydrogens (tertiary/aromatic N) is 4. The second kappa shape index (κ2) is 63.5. The van der Waals surface area contributed by atoms with Crippen LogP contribution in [-0.2, 0) is 102 Å². The van der Waals surface area contributed by atoms with Crippen molar-refractivity contribution in [3.63, 3.8) is 0 Å². The molecule has 1 rings (SSSR count). The van der Waals surface area contributed by atoms with Crippen LogP contribution >= 0.6 is 0 Å². The van der Waals surface area contributed by atoms with Crippen molar-refractivity contribution in [3.8, 4) is 0 Å². The van der Waals surface area contributed by atoms with Gasteiger partial charge < -0.3 is 55.1 Å². The summed E-state index contributed by atoms with van der Waals surface area (Å²) in [6.07, 6.45) is 13.8. The molecule has 0 fully saturated rings. The molecule has 0 saturated carbocycles. The number of carbonyl (C=O) groups is 11. The molecule has 0 aliphatic heterocycles. The highest BCUT2D eigenvalue weighted by Gasteiger charge is 2.36. The summed E-state index contributed by atoms with van der Waals surface area (Å²) >= 11 is 0. The van der Waals surface area contributed by atoms with Crippen LogP contribution in [-0.4, -0.2) is 201 Å². The van der Waals surface area contributed by atoms with Gasteiger partial charge in [0, 0.05) is 104 Å². The number of methoxy groups -OCH3 is 3. The van der Waals surface area contributed by atoms with Crippen LogP contribution in [0.4, 0.5) is 0 Å². The third-order valence-corrected chi connectivity index (χ3v) is 16.7. The van der Waals surface area contributed by atoms with Gasteiger partial charge in [-0.3, -0.25) is 52.7 Å². The van der Waals surface area contributed by atoms with Gasteiger partial charge in [0.2, 0.25) is 47.3 Å². The monoisotopic (exact) mass is 1440 g/mol. The fraction of sp³-hybridized carbons (Fsp3) is 0.730. The Balaban J connectivity index is -0.0000103. The van der Waals surface area contributed by atoms with E-state index in [1.165, 1.54) is 36.0 Å². The summed E-state index contributed by atoms with van der Waals surface area (Å²) in [5.41, 5.74) is 0.755. The number of ether oxygens (including phenoxy) is 3. The summed E-state index contributed by atoms with van der Waals surface area (Å²) in [7, 11) is 3.93. The van der Waals surface area contributed by atoms with Crippen LogP contribution in [0.5, 0.6) is 0 Å². The number of nitrogens with one attached hydrogen (secondary N) is 4. The van der Waals surface area contributed by atoms with E-state index in [0.717, 1.165) is 69.8 Å². The molecular formula is C74H122N8O20. The van der Waals surface area contributed by atoms with Gasteiger partial charge in [0.05, 0.1) is 21.3 Å². The molecule has 0 aromatic heterocycles. The first kappa shape index (κ1) is 97.7. The largest absolute Gasteiger partial charge is 0.469 e. The van der Waals surface area contributed by atoms with Crippen molar-refractivity contribution in [3.05, 3.63) is 35.9 Å². The van der Waals surface area contributed by atoms with E-state index in [4.69, 9.17) is 43.0 Å². The van der Waals surface area contributed by atoms with Gasteiger partial charge in [0.1, 0.15) is 24.2 Å². The average molecular weight is 1440 g/mol. The fourth-order valence-corrected chi connectivity index (χ4v) is 11.5. The van der Waals surface area contributed by atoms with Crippen LogP contribution in [0, 0.1) is 17.8 Å². The maximum Gasteiger partial charge on any atom is 0.373 e. The number of unbranched alkanes of at least 4 members (excludes halogenated alkanes) is 11. The van der Waals surface area contributed by atoms with E-state index in [2.05, 4.69) is 35.1 Å². The van der Waals surface area contributed by atoms with Crippen molar-refractivity contribution in [2.45, 2.75) is 260 Å². The lowest BCUT2D eigenvalue weighted by molar-refractivity contribution is -0.193. The average Bonchev–Trinajstić information content (AvgIpc) is 0.862. The first-order chi connectivity index (χ1) is 48.8. The van der Waals surface area contributed by atoms with Crippen LogP contribution in [0.15, 0.2) is 30.3 Å². The third-order valence-electron chi connectivity index (χ3n) is 16.7. The van der Waals surface area contributed by atoms with Gasteiger partial charge in [-0.1, -0.05) is 150 Å².